The Morgan fingerprint density at radius 3 is 2.52 bits per heavy atom. The number of benzene rings is 1. The number of hydrogen-bond acceptors (Lipinski definition) is 5. The number of sulfonamides is 1. The molecule has 0 fully saturated rings. The van der Waals surface area contributed by atoms with E-state index in [2.05, 4.69) is 35.7 Å². The van der Waals surface area contributed by atoms with E-state index in [1.807, 2.05) is 0 Å². The molecule has 2 N–H and O–H groups in total. The third-order valence-electron chi connectivity index (χ3n) is 3.44. The second kappa shape index (κ2) is 10.0. The summed E-state index contributed by atoms with van der Waals surface area (Å²) in [6.45, 7) is -1.54. The van der Waals surface area contributed by atoms with Gasteiger partial charge in [0.25, 0.3) is 0 Å². The molecule has 0 atom stereocenters. The molecular formula is C17H17BrF3N3O4S. The van der Waals surface area contributed by atoms with E-state index in [1.165, 1.54) is 30.5 Å². The summed E-state index contributed by atoms with van der Waals surface area (Å²) in [7, 11) is -3.73. The molecule has 1 heterocycles. The van der Waals surface area contributed by atoms with Gasteiger partial charge in [0.2, 0.25) is 21.8 Å². The first-order chi connectivity index (χ1) is 13.5. The Labute approximate surface area is 173 Å². The summed E-state index contributed by atoms with van der Waals surface area (Å²) in [5.74, 6) is -0.644. The Hall–Kier alpha value is -2.18. The summed E-state index contributed by atoms with van der Waals surface area (Å²) < 4.78 is 68.3. The molecule has 2 rings (SSSR count). The van der Waals surface area contributed by atoms with Gasteiger partial charge in [-0.15, -0.1) is 0 Å². The maximum atomic E-state index is 12.2. The van der Waals surface area contributed by atoms with Crippen molar-refractivity contribution in [3.63, 3.8) is 0 Å². The summed E-state index contributed by atoms with van der Waals surface area (Å²) in [5, 5.41) is 2.55. The van der Waals surface area contributed by atoms with Crippen LogP contribution in [0.2, 0.25) is 0 Å². The van der Waals surface area contributed by atoms with E-state index in [4.69, 9.17) is 0 Å². The Morgan fingerprint density at radius 1 is 1.17 bits per heavy atom. The Balaban J connectivity index is 1.78. The van der Waals surface area contributed by atoms with Crippen LogP contribution in [0.15, 0.2) is 52.0 Å². The van der Waals surface area contributed by atoms with E-state index < -0.39 is 28.7 Å². The van der Waals surface area contributed by atoms with Gasteiger partial charge in [0, 0.05) is 36.2 Å². The topological polar surface area (TPSA) is 97.4 Å². The molecule has 0 aliphatic carbocycles. The van der Waals surface area contributed by atoms with Gasteiger partial charge in [0.05, 0.1) is 4.90 Å². The number of amides is 1. The molecule has 7 nitrogen and oxygen atoms in total. The highest BCUT2D eigenvalue weighted by Gasteiger charge is 2.28. The van der Waals surface area contributed by atoms with Crippen LogP contribution in [0.5, 0.6) is 5.88 Å². The average molecular weight is 496 g/mol. The van der Waals surface area contributed by atoms with Crippen LogP contribution < -0.4 is 14.8 Å². The number of carbonyl (C=O) groups excluding carboxylic acids is 1. The largest absolute Gasteiger partial charge is 0.468 e. The zero-order valence-electron chi connectivity index (χ0n) is 14.9. The molecule has 1 aromatic carbocycles. The summed E-state index contributed by atoms with van der Waals surface area (Å²) in [6, 6.07) is 8.81. The summed E-state index contributed by atoms with van der Waals surface area (Å²) >= 11 is 3.21. The lowest BCUT2D eigenvalue weighted by atomic mass is 10.2. The molecule has 1 amide bonds. The van der Waals surface area contributed by atoms with Crippen molar-refractivity contribution in [1.29, 1.82) is 0 Å². The Morgan fingerprint density at radius 2 is 1.86 bits per heavy atom. The molecule has 0 radical (unpaired) electrons. The number of nitrogens with zero attached hydrogens (tertiary/aromatic N) is 1. The lowest BCUT2D eigenvalue weighted by molar-refractivity contribution is -0.154. The van der Waals surface area contributed by atoms with E-state index in [0.29, 0.717) is 5.56 Å². The van der Waals surface area contributed by atoms with E-state index in [9.17, 15) is 26.4 Å². The van der Waals surface area contributed by atoms with Crippen LogP contribution in [-0.4, -0.2) is 38.6 Å². The zero-order chi connectivity index (χ0) is 21.5. The maximum Gasteiger partial charge on any atom is 0.422 e. The van der Waals surface area contributed by atoms with Crippen LogP contribution >= 0.6 is 15.9 Å². The van der Waals surface area contributed by atoms with Gasteiger partial charge in [0.15, 0.2) is 6.61 Å². The quantitative estimate of drug-likeness (QED) is 0.557. The van der Waals surface area contributed by atoms with Crippen LogP contribution in [-0.2, 0) is 21.4 Å². The van der Waals surface area contributed by atoms with Crippen molar-refractivity contribution in [1.82, 2.24) is 15.0 Å². The minimum absolute atomic E-state index is 0.0309. The maximum absolute atomic E-state index is 12.2. The SMILES string of the molecule is O=C(CCNS(=O)(=O)c1ccc(Br)cc1)NCc1ccnc(OCC(F)(F)F)c1. The van der Waals surface area contributed by atoms with E-state index in [1.54, 1.807) is 12.1 Å². The number of nitrogens with one attached hydrogen (secondary N) is 2. The van der Waals surface area contributed by atoms with Gasteiger partial charge in [0.1, 0.15) is 0 Å². The first-order valence-corrected chi connectivity index (χ1v) is 10.5. The number of alkyl halides is 3. The van der Waals surface area contributed by atoms with Gasteiger partial charge < -0.3 is 10.1 Å². The number of ether oxygens (including phenoxy) is 1. The van der Waals surface area contributed by atoms with Gasteiger partial charge in [-0.25, -0.2) is 18.1 Å². The predicted molar refractivity (Wildman–Crippen MR) is 102 cm³/mol. The lowest BCUT2D eigenvalue weighted by Crippen LogP contribution is -2.30. The van der Waals surface area contributed by atoms with Gasteiger partial charge in [-0.05, 0) is 35.9 Å². The fourth-order valence-electron chi connectivity index (χ4n) is 2.08. The lowest BCUT2D eigenvalue weighted by Gasteiger charge is -2.10. The molecule has 0 spiro atoms. The average Bonchev–Trinajstić information content (AvgIpc) is 2.65. The molecule has 158 valence electrons. The Bertz CT molecular complexity index is 938. The standard InChI is InChI=1S/C17H17BrF3N3O4S/c18-13-1-3-14(4-2-13)29(26,27)24-8-6-15(25)23-10-12-5-7-22-16(9-12)28-11-17(19,20)21/h1-5,7,9,24H,6,8,10-11H2,(H,23,25). The third kappa shape index (κ3) is 8.38. The molecular weight excluding hydrogens is 479 g/mol. The number of rotatable bonds is 9. The molecule has 0 bridgehead atoms. The molecule has 1 aromatic heterocycles. The predicted octanol–water partition coefficient (Wildman–Crippen LogP) is 2.77. The second-order valence-electron chi connectivity index (χ2n) is 5.78. The normalized spacial score (nSPS) is 11.9. The molecule has 0 unspecified atom stereocenters. The summed E-state index contributed by atoms with van der Waals surface area (Å²) in [4.78, 5) is 15.6. The van der Waals surface area contributed by atoms with E-state index in [-0.39, 0.29) is 30.3 Å². The van der Waals surface area contributed by atoms with Crippen molar-refractivity contribution >= 4 is 31.9 Å². The van der Waals surface area contributed by atoms with Crippen LogP contribution in [0.4, 0.5) is 13.2 Å². The number of pyridine rings is 1. The molecule has 0 aliphatic heterocycles. The Kier molecular flexibility index (Phi) is 7.99. The fraction of sp³-hybridized carbons (Fsp3) is 0.294. The number of halogens is 4. The molecule has 29 heavy (non-hydrogen) atoms. The third-order valence-corrected chi connectivity index (χ3v) is 5.45. The van der Waals surface area contributed by atoms with Crippen molar-refractivity contribution in [2.45, 2.75) is 24.0 Å². The highest BCUT2D eigenvalue weighted by molar-refractivity contribution is 9.10. The summed E-state index contributed by atoms with van der Waals surface area (Å²) in [5.41, 5.74) is 0.487. The molecule has 0 saturated carbocycles. The zero-order valence-corrected chi connectivity index (χ0v) is 17.3. The van der Waals surface area contributed by atoms with Crippen LogP contribution in [0.3, 0.4) is 0 Å². The number of carbonyl (C=O) groups is 1. The molecule has 0 aliphatic rings. The van der Waals surface area contributed by atoms with Gasteiger partial charge in [-0.2, -0.15) is 13.2 Å². The van der Waals surface area contributed by atoms with Crippen LogP contribution in [0, 0.1) is 0 Å². The smallest absolute Gasteiger partial charge is 0.422 e. The van der Waals surface area contributed by atoms with Gasteiger partial charge in [-0.1, -0.05) is 15.9 Å². The first kappa shape index (κ1) is 23.1. The highest BCUT2D eigenvalue weighted by Crippen LogP contribution is 2.17. The van der Waals surface area contributed by atoms with Crippen molar-refractivity contribution in [3.05, 3.63) is 52.6 Å². The van der Waals surface area contributed by atoms with Crippen LogP contribution in [0.1, 0.15) is 12.0 Å². The van der Waals surface area contributed by atoms with E-state index in [0.717, 1.165) is 4.47 Å². The summed E-state index contributed by atoms with van der Waals surface area (Å²) in [6.07, 6.45) is -3.33. The fourth-order valence-corrected chi connectivity index (χ4v) is 3.38. The number of aromatic nitrogens is 1. The van der Waals surface area contributed by atoms with Crippen molar-refractivity contribution in [2.75, 3.05) is 13.2 Å². The minimum Gasteiger partial charge on any atom is -0.468 e. The minimum atomic E-state index is -4.48. The number of hydrogen-bond donors (Lipinski definition) is 2. The van der Waals surface area contributed by atoms with Crippen molar-refractivity contribution in [3.8, 4) is 5.88 Å². The van der Waals surface area contributed by atoms with E-state index >= 15 is 0 Å². The van der Waals surface area contributed by atoms with Gasteiger partial charge in [-0.3, -0.25) is 4.79 Å². The molecule has 0 saturated heterocycles. The van der Waals surface area contributed by atoms with Crippen LogP contribution in [0.25, 0.3) is 0 Å². The molecule has 12 heteroatoms. The monoisotopic (exact) mass is 495 g/mol. The van der Waals surface area contributed by atoms with Crippen molar-refractivity contribution in [2.24, 2.45) is 0 Å². The second-order valence-corrected chi connectivity index (χ2v) is 8.47. The van der Waals surface area contributed by atoms with Crippen molar-refractivity contribution < 1.29 is 31.1 Å². The highest BCUT2D eigenvalue weighted by atomic mass is 79.9. The van der Waals surface area contributed by atoms with Gasteiger partial charge >= 0.3 is 6.18 Å². The molecule has 2 aromatic rings. The first-order valence-electron chi connectivity index (χ1n) is 8.21.